The maximum absolute atomic E-state index is 13.2. The second-order valence-corrected chi connectivity index (χ2v) is 16.9. The van der Waals surface area contributed by atoms with Crippen LogP contribution in [0.1, 0.15) is 83.5 Å². The lowest BCUT2D eigenvalue weighted by molar-refractivity contribution is -0.152. The molecule has 1 unspecified atom stereocenters. The summed E-state index contributed by atoms with van der Waals surface area (Å²) in [5.74, 6) is -2.26. The predicted molar refractivity (Wildman–Crippen MR) is 221 cm³/mol. The number of hydrogen-bond acceptors (Lipinski definition) is 13. The van der Waals surface area contributed by atoms with Crippen LogP contribution in [0, 0.1) is 11.8 Å². The Kier molecular flexibility index (Phi) is 19.1. The van der Waals surface area contributed by atoms with E-state index < -0.39 is 35.1 Å². The van der Waals surface area contributed by atoms with E-state index in [2.05, 4.69) is 21.3 Å². The average Bonchev–Trinajstić information content (AvgIpc) is 3.92. The van der Waals surface area contributed by atoms with Crippen molar-refractivity contribution in [2.45, 2.75) is 101 Å². The topological polar surface area (TPSA) is 236 Å². The van der Waals surface area contributed by atoms with E-state index in [1.54, 1.807) is 24.3 Å². The van der Waals surface area contributed by atoms with Gasteiger partial charge in [-0.3, -0.25) is 48.1 Å². The van der Waals surface area contributed by atoms with Crippen LogP contribution in [-0.2, 0) is 57.4 Å². The number of nitrogens with zero attached hydrogens (tertiary/aromatic N) is 2. The first-order valence-corrected chi connectivity index (χ1v) is 22.4. The minimum absolute atomic E-state index is 0.0399. The number of carbonyl (C=O) groups is 9. The third kappa shape index (κ3) is 15.0. The third-order valence-electron chi connectivity index (χ3n) is 11.1. The largest absolute Gasteiger partial charge is 0.377 e. The van der Waals surface area contributed by atoms with Gasteiger partial charge in [0.1, 0.15) is 18.7 Å². The van der Waals surface area contributed by atoms with E-state index in [1.807, 2.05) is 6.07 Å². The molecule has 19 heteroatoms. The van der Waals surface area contributed by atoms with Crippen molar-refractivity contribution < 1.29 is 57.4 Å². The second-order valence-electron chi connectivity index (χ2n) is 15.6. The SMILES string of the molecule is O=C1CC[C@H](C(=O)N[C@@H](CCCCCSC2CC(=O)N(CC3CCC(C(=O)NCCOCCOCCOCC(=O)N4C(=O)CCC4=O)CC3)C2=O)C(=O)Nc2ccccc2)N1. The number of para-hydroxylation sites is 1. The molecular weight excluding hydrogens is 813 g/mol. The van der Waals surface area contributed by atoms with Crippen molar-refractivity contribution in [3.05, 3.63) is 30.3 Å². The van der Waals surface area contributed by atoms with E-state index in [0.29, 0.717) is 74.7 Å². The number of likely N-dealkylation sites (tertiary alicyclic amines) is 2. The number of anilines is 1. The van der Waals surface area contributed by atoms with Gasteiger partial charge in [-0.25, -0.2) is 4.90 Å². The number of rotatable bonds is 25. The quantitative estimate of drug-likeness (QED) is 0.0806. The number of unbranched alkanes of at least 4 members (excludes halogenated alkanes) is 2. The van der Waals surface area contributed by atoms with Crippen molar-refractivity contribution >= 4 is 70.6 Å². The average molecular weight is 871 g/mol. The van der Waals surface area contributed by atoms with Crippen LogP contribution in [0.25, 0.3) is 0 Å². The number of imide groups is 4. The Labute approximate surface area is 359 Å². The molecule has 3 aliphatic heterocycles. The summed E-state index contributed by atoms with van der Waals surface area (Å²) < 4.78 is 16.1. The van der Waals surface area contributed by atoms with Gasteiger partial charge in [-0.1, -0.05) is 31.0 Å². The van der Waals surface area contributed by atoms with Gasteiger partial charge in [-0.15, -0.1) is 11.8 Å². The Hall–Kier alpha value is -4.72. The molecule has 0 spiro atoms. The fraction of sp³-hybridized carbons (Fsp3) is 0.643. The van der Waals surface area contributed by atoms with Crippen LogP contribution in [0.3, 0.4) is 0 Å². The summed E-state index contributed by atoms with van der Waals surface area (Å²) in [6, 6.07) is 7.55. The summed E-state index contributed by atoms with van der Waals surface area (Å²) in [6.45, 7) is 1.55. The van der Waals surface area contributed by atoms with Crippen molar-refractivity contribution in [3.63, 3.8) is 0 Å². The number of thioether (sulfide) groups is 1. The fourth-order valence-electron chi connectivity index (χ4n) is 7.71. The van der Waals surface area contributed by atoms with Gasteiger partial charge in [0.05, 0.1) is 38.3 Å². The number of carbonyl (C=O) groups excluding carboxylic acids is 9. The molecule has 4 fully saturated rings. The van der Waals surface area contributed by atoms with Gasteiger partial charge >= 0.3 is 0 Å². The lowest BCUT2D eigenvalue weighted by atomic mass is 9.81. The van der Waals surface area contributed by atoms with Gasteiger partial charge in [0.2, 0.25) is 47.3 Å². The van der Waals surface area contributed by atoms with Crippen LogP contribution in [0.4, 0.5) is 5.69 Å². The molecule has 1 aliphatic carbocycles. The van der Waals surface area contributed by atoms with E-state index in [4.69, 9.17) is 14.2 Å². The standard InChI is InChI=1S/C42H58N6O12S/c49-34-15-14-32(45-34)41(56)46-31(40(55)44-30-7-3-1-4-8-30)9-5-2-6-24-61-33-25-37(52)47(42(33)57)26-28-10-12-29(13-11-28)39(54)43-18-19-58-20-21-59-22-23-60-27-38(53)48-35(50)16-17-36(48)51/h1,3-4,7-8,28-29,31-33H,2,5-6,9-27H2,(H,43,54)(H,44,55)(H,45,49)(H,46,56)/t28?,29?,31-,32+,33?/m0/s1. The molecular formula is C42H58N6O12S. The lowest BCUT2D eigenvalue weighted by Crippen LogP contribution is -2.50. The summed E-state index contributed by atoms with van der Waals surface area (Å²) >= 11 is 1.48. The summed E-state index contributed by atoms with van der Waals surface area (Å²) in [5, 5.41) is 10.8. The van der Waals surface area contributed by atoms with Gasteiger partial charge in [-0.2, -0.15) is 0 Å². The minimum Gasteiger partial charge on any atom is -0.377 e. The molecule has 3 heterocycles. The van der Waals surface area contributed by atoms with E-state index in [1.165, 1.54) is 16.7 Å². The van der Waals surface area contributed by atoms with Crippen molar-refractivity contribution in [2.75, 3.05) is 63.8 Å². The molecule has 1 aromatic carbocycles. The number of nitrogens with one attached hydrogen (secondary N) is 4. The molecule has 9 amide bonds. The molecule has 0 bridgehead atoms. The summed E-state index contributed by atoms with van der Waals surface area (Å²) in [7, 11) is 0. The van der Waals surface area contributed by atoms with E-state index in [9.17, 15) is 43.2 Å². The molecule has 4 N–H and O–H groups in total. The Morgan fingerprint density at radius 3 is 2.15 bits per heavy atom. The number of benzene rings is 1. The van der Waals surface area contributed by atoms with Gasteiger partial charge < -0.3 is 35.5 Å². The number of hydrogen-bond donors (Lipinski definition) is 4. The van der Waals surface area contributed by atoms with Gasteiger partial charge in [0.15, 0.2) is 0 Å². The van der Waals surface area contributed by atoms with Crippen molar-refractivity contribution in [3.8, 4) is 0 Å². The molecule has 3 atom stereocenters. The highest BCUT2D eigenvalue weighted by Gasteiger charge is 2.40. The molecule has 18 nitrogen and oxygen atoms in total. The van der Waals surface area contributed by atoms with Crippen LogP contribution in [-0.4, -0.2) is 139 Å². The molecule has 5 rings (SSSR count). The fourth-order valence-corrected chi connectivity index (χ4v) is 8.89. The van der Waals surface area contributed by atoms with Gasteiger partial charge in [-0.05, 0) is 68.7 Å². The van der Waals surface area contributed by atoms with Crippen molar-refractivity contribution in [2.24, 2.45) is 11.8 Å². The van der Waals surface area contributed by atoms with Gasteiger partial charge in [0, 0.05) is 50.4 Å². The highest BCUT2D eigenvalue weighted by molar-refractivity contribution is 8.00. The summed E-state index contributed by atoms with van der Waals surface area (Å²) in [5.41, 5.74) is 0.618. The number of amides is 9. The molecule has 0 aromatic heterocycles. The third-order valence-corrected chi connectivity index (χ3v) is 12.4. The first-order valence-electron chi connectivity index (χ1n) is 21.3. The van der Waals surface area contributed by atoms with Crippen LogP contribution in [0.15, 0.2) is 30.3 Å². The zero-order chi connectivity index (χ0) is 43.6. The molecule has 1 saturated carbocycles. The Morgan fingerprint density at radius 2 is 1.46 bits per heavy atom. The molecule has 334 valence electrons. The van der Waals surface area contributed by atoms with Gasteiger partial charge in [0.25, 0.3) is 5.91 Å². The Balaban J connectivity index is 0.883. The maximum atomic E-state index is 13.2. The van der Waals surface area contributed by atoms with Crippen LogP contribution < -0.4 is 21.3 Å². The lowest BCUT2D eigenvalue weighted by Gasteiger charge is -2.30. The summed E-state index contributed by atoms with van der Waals surface area (Å²) in [6.07, 6.45) is 6.34. The van der Waals surface area contributed by atoms with Crippen LogP contribution in [0.5, 0.6) is 0 Å². The minimum atomic E-state index is -0.778. The zero-order valence-electron chi connectivity index (χ0n) is 34.5. The highest BCUT2D eigenvalue weighted by atomic mass is 32.2. The Morgan fingerprint density at radius 1 is 0.770 bits per heavy atom. The van der Waals surface area contributed by atoms with Crippen LogP contribution >= 0.6 is 11.8 Å². The maximum Gasteiger partial charge on any atom is 0.262 e. The van der Waals surface area contributed by atoms with E-state index in [0.717, 1.165) is 25.7 Å². The van der Waals surface area contributed by atoms with E-state index in [-0.39, 0.29) is 99.4 Å². The highest BCUT2D eigenvalue weighted by Crippen LogP contribution is 2.33. The Bertz CT molecular complexity index is 1710. The first kappa shape index (κ1) is 47.3. The zero-order valence-corrected chi connectivity index (χ0v) is 35.3. The van der Waals surface area contributed by atoms with Crippen molar-refractivity contribution in [1.82, 2.24) is 25.8 Å². The normalized spacial score (nSPS) is 22.1. The van der Waals surface area contributed by atoms with Crippen LogP contribution in [0.2, 0.25) is 0 Å². The van der Waals surface area contributed by atoms with E-state index >= 15 is 0 Å². The molecule has 0 radical (unpaired) electrons. The molecule has 3 saturated heterocycles. The van der Waals surface area contributed by atoms with Crippen molar-refractivity contribution in [1.29, 1.82) is 0 Å². The second kappa shape index (κ2) is 24.7. The molecule has 1 aromatic rings. The monoisotopic (exact) mass is 870 g/mol. The smallest absolute Gasteiger partial charge is 0.262 e. The number of ether oxygens (including phenoxy) is 3. The summed E-state index contributed by atoms with van der Waals surface area (Å²) in [4.78, 5) is 114. The molecule has 4 aliphatic rings. The molecule has 61 heavy (non-hydrogen) atoms. The predicted octanol–water partition coefficient (Wildman–Crippen LogP) is 1.46. The first-order chi connectivity index (χ1) is 29.5.